The molecule has 0 aromatic carbocycles. The van der Waals surface area contributed by atoms with Crippen LogP contribution in [0.1, 0.15) is 20.2 Å². The summed E-state index contributed by atoms with van der Waals surface area (Å²) in [6, 6.07) is 3.17. The van der Waals surface area contributed by atoms with Crippen LogP contribution in [0.4, 0.5) is 5.69 Å². The van der Waals surface area contributed by atoms with Crippen LogP contribution in [0.3, 0.4) is 0 Å². The summed E-state index contributed by atoms with van der Waals surface area (Å²) >= 11 is 7.11. The molecule has 0 fully saturated rings. The minimum absolute atomic E-state index is 0.309. The zero-order chi connectivity index (χ0) is 13.3. The Kier molecular flexibility index (Phi) is 3.40. The predicted molar refractivity (Wildman–Crippen MR) is 71.2 cm³/mol. The second kappa shape index (κ2) is 4.83. The molecule has 2 aromatic rings. The molecule has 2 heterocycles. The summed E-state index contributed by atoms with van der Waals surface area (Å²) < 4.78 is 1.55. The topological polar surface area (TPSA) is 77.1 Å². The van der Waals surface area contributed by atoms with E-state index in [4.69, 9.17) is 17.3 Å². The van der Waals surface area contributed by atoms with Crippen molar-refractivity contribution in [2.75, 3.05) is 5.32 Å². The van der Waals surface area contributed by atoms with Crippen LogP contribution in [-0.2, 0) is 7.05 Å². The summed E-state index contributed by atoms with van der Waals surface area (Å²) in [5.41, 5.74) is 6.01. The molecule has 94 valence electrons. The van der Waals surface area contributed by atoms with Crippen LogP contribution in [0, 0.1) is 0 Å². The Hall–Kier alpha value is -1.79. The molecule has 18 heavy (non-hydrogen) atoms. The van der Waals surface area contributed by atoms with Gasteiger partial charge in [0.1, 0.15) is 10.6 Å². The zero-order valence-corrected chi connectivity index (χ0v) is 11.0. The first-order valence-corrected chi connectivity index (χ1v) is 6.25. The predicted octanol–water partition coefficient (Wildman–Crippen LogP) is 2.09. The Bertz CT molecular complexity index is 618. The van der Waals surface area contributed by atoms with Gasteiger partial charge in [0.25, 0.3) is 11.8 Å². The molecule has 3 N–H and O–H groups in total. The summed E-state index contributed by atoms with van der Waals surface area (Å²) in [5.74, 6) is -0.858. The van der Waals surface area contributed by atoms with E-state index >= 15 is 0 Å². The minimum Gasteiger partial charge on any atom is -0.364 e. The molecule has 5 nitrogen and oxygen atoms in total. The Morgan fingerprint density at radius 3 is 2.72 bits per heavy atom. The highest BCUT2D eigenvalue weighted by molar-refractivity contribution is 7.12. The molecule has 0 unspecified atom stereocenters. The van der Waals surface area contributed by atoms with Gasteiger partial charge in [-0.3, -0.25) is 9.59 Å². The van der Waals surface area contributed by atoms with Gasteiger partial charge in [-0.2, -0.15) is 0 Å². The summed E-state index contributed by atoms with van der Waals surface area (Å²) in [6.07, 6.45) is 1.61. The highest BCUT2D eigenvalue weighted by Gasteiger charge is 2.14. The Morgan fingerprint density at radius 1 is 1.50 bits per heavy atom. The highest BCUT2D eigenvalue weighted by atomic mass is 35.5. The lowest BCUT2D eigenvalue weighted by atomic mass is 10.3. The molecule has 0 spiro atoms. The first kappa shape index (κ1) is 12.7. The molecule has 0 aliphatic rings. The standard InChI is InChI=1S/C11H10ClN3O2S/c1-15-5-6(4-8(15)10(13)16)14-11(17)9-7(12)2-3-18-9/h2-5H,1H3,(H2,13,16)(H,14,17). The van der Waals surface area contributed by atoms with Crippen molar-refractivity contribution in [1.82, 2.24) is 4.57 Å². The quantitative estimate of drug-likeness (QED) is 0.905. The largest absolute Gasteiger partial charge is 0.364 e. The average Bonchev–Trinajstić information content (AvgIpc) is 2.84. The molecule has 0 atom stereocenters. The fraction of sp³-hybridized carbons (Fsp3) is 0.0909. The van der Waals surface area contributed by atoms with E-state index in [2.05, 4.69) is 5.32 Å². The van der Waals surface area contributed by atoms with E-state index in [0.717, 1.165) is 0 Å². The lowest BCUT2D eigenvalue weighted by Gasteiger charge is -2.00. The van der Waals surface area contributed by atoms with Gasteiger partial charge in [0, 0.05) is 13.2 Å². The van der Waals surface area contributed by atoms with Crippen molar-refractivity contribution >= 4 is 40.4 Å². The molecule has 7 heteroatoms. The number of thiophene rings is 1. The van der Waals surface area contributed by atoms with Crippen LogP contribution in [0.2, 0.25) is 5.02 Å². The molecular weight excluding hydrogens is 274 g/mol. The SMILES string of the molecule is Cn1cc(NC(=O)c2sccc2Cl)cc1C(N)=O. The van der Waals surface area contributed by atoms with Crippen molar-refractivity contribution in [2.45, 2.75) is 0 Å². The number of nitrogens with two attached hydrogens (primary N) is 1. The van der Waals surface area contributed by atoms with Gasteiger partial charge < -0.3 is 15.6 Å². The molecule has 2 amide bonds. The number of carbonyl (C=O) groups excluding carboxylic acids is 2. The maximum atomic E-state index is 11.9. The van der Waals surface area contributed by atoms with Crippen molar-refractivity contribution in [3.63, 3.8) is 0 Å². The molecular formula is C11H10ClN3O2S. The Labute approximate surface area is 112 Å². The van der Waals surface area contributed by atoms with E-state index < -0.39 is 5.91 Å². The maximum Gasteiger partial charge on any atom is 0.267 e. The number of primary amides is 1. The summed E-state index contributed by atoms with van der Waals surface area (Å²) in [4.78, 5) is 23.4. The number of aryl methyl sites for hydroxylation is 1. The lowest BCUT2D eigenvalue weighted by Crippen LogP contribution is -2.14. The fourth-order valence-corrected chi connectivity index (χ4v) is 2.56. The van der Waals surface area contributed by atoms with E-state index in [1.165, 1.54) is 17.4 Å². The molecule has 0 radical (unpaired) electrons. The molecule has 0 saturated heterocycles. The molecule has 0 aliphatic carbocycles. The van der Waals surface area contributed by atoms with Gasteiger partial charge in [0.15, 0.2) is 0 Å². The molecule has 0 bridgehead atoms. The van der Waals surface area contributed by atoms with Gasteiger partial charge in [-0.15, -0.1) is 11.3 Å². The van der Waals surface area contributed by atoms with Crippen molar-refractivity contribution in [3.05, 3.63) is 39.3 Å². The van der Waals surface area contributed by atoms with Crippen LogP contribution >= 0.6 is 22.9 Å². The van der Waals surface area contributed by atoms with E-state index in [-0.39, 0.29) is 5.91 Å². The number of anilines is 1. The maximum absolute atomic E-state index is 11.9. The van der Waals surface area contributed by atoms with Crippen LogP contribution < -0.4 is 11.1 Å². The molecule has 2 aromatic heterocycles. The second-order valence-electron chi connectivity index (χ2n) is 3.64. The average molecular weight is 284 g/mol. The number of nitrogens with zero attached hydrogens (tertiary/aromatic N) is 1. The summed E-state index contributed by atoms with van der Waals surface area (Å²) in [7, 11) is 1.67. The van der Waals surface area contributed by atoms with E-state index in [1.54, 1.807) is 29.3 Å². The van der Waals surface area contributed by atoms with Gasteiger partial charge in [-0.1, -0.05) is 11.6 Å². The molecule has 2 rings (SSSR count). The second-order valence-corrected chi connectivity index (χ2v) is 4.96. The summed E-state index contributed by atoms with van der Waals surface area (Å²) in [6.45, 7) is 0. The first-order valence-electron chi connectivity index (χ1n) is 4.99. The minimum atomic E-state index is -0.549. The van der Waals surface area contributed by atoms with Crippen molar-refractivity contribution < 1.29 is 9.59 Å². The van der Waals surface area contributed by atoms with E-state index in [9.17, 15) is 9.59 Å². The molecule has 0 aliphatic heterocycles. The first-order chi connectivity index (χ1) is 8.49. The number of carbonyl (C=O) groups is 2. The Morgan fingerprint density at radius 2 is 2.22 bits per heavy atom. The number of nitrogens with one attached hydrogen (secondary N) is 1. The normalized spacial score (nSPS) is 10.3. The molecule has 0 saturated carbocycles. The van der Waals surface area contributed by atoms with Gasteiger partial charge in [0.05, 0.1) is 10.7 Å². The fourth-order valence-electron chi connectivity index (χ4n) is 1.52. The van der Waals surface area contributed by atoms with Crippen molar-refractivity contribution in [2.24, 2.45) is 12.8 Å². The van der Waals surface area contributed by atoms with Crippen molar-refractivity contribution in [3.8, 4) is 0 Å². The number of aromatic nitrogens is 1. The third kappa shape index (κ3) is 2.39. The number of hydrogen-bond donors (Lipinski definition) is 2. The van der Waals surface area contributed by atoms with Gasteiger partial charge in [0.2, 0.25) is 0 Å². The van der Waals surface area contributed by atoms with Crippen LogP contribution in [-0.4, -0.2) is 16.4 Å². The third-order valence-corrected chi connectivity index (χ3v) is 3.68. The van der Waals surface area contributed by atoms with Gasteiger partial charge in [-0.25, -0.2) is 0 Å². The number of amides is 2. The smallest absolute Gasteiger partial charge is 0.267 e. The Balaban J connectivity index is 2.20. The number of rotatable bonds is 3. The number of hydrogen-bond acceptors (Lipinski definition) is 3. The van der Waals surface area contributed by atoms with Crippen LogP contribution in [0.15, 0.2) is 23.7 Å². The zero-order valence-electron chi connectivity index (χ0n) is 9.44. The summed E-state index contributed by atoms with van der Waals surface area (Å²) in [5, 5.41) is 4.80. The lowest BCUT2D eigenvalue weighted by molar-refractivity contribution is 0.0990. The highest BCUT2D eigenvalue weighted by Crippen LogP contribution is 2.23. The van der Waals surface area contributed by atoms with Gasteiger partial charge >= 0.3 is 0 Å². The van der Waals surface area contributed by atoms with Gasteiger partial charge in [-0.05, 0) is 17.5 Å². The monoisotopic (exact) mass is 283 g/mol. The van der Waals surface area contributed by atoms with Crippen LogP contribution in [0.25, 0.3) is 0 Å². The van der Waals surface area contributed by atoms with E-state index in [0.29, 0.717) is 21.3 Å². The van der Waals surface area contributed by atoms with Crippen LogP contribution in [0.5, 0.6) is 0 Å². The number of halogens is 1. The van der Waals surface area contributed by atoms with E-state index in [1.807, 2.05) is 0 Å². The van der Waals surface area contributed by atoms with Crippen molar-refractivity contribution in [1.29, 1.82) is 0 Å². The third-order valence-electron chi connectivity index (χ3n) is 2.34.